The molecule has 0 radical (unpaired) electrons. The molecule has 20 heteroatoms. The number of carbonyl (C=O) groups is 7. The van der Waals surface area contributed by atoms with Crippen LogP contribution >= 0.6 is 0 Å². The molecule has 3 aromatic carbocycles. The number of benzene rings is 3. The summed E-state index contributed by atoms with van der Waals surface area (Å²) < 4.78 is 40.0. The summed E-state index contributed by atoms with van der Waals surface area (Å²) in [6.45, 7) is 1.01. The van der Waals surface area contributed by atoms with E-state index in [0.29, 0.717) is 25.7 Å². The van der Waals surface area contributed by atoms with E-state index in [1.165, 1.54) is 49.6 Å². The molecule has 0 saturated carbocycles. The summed E-state index contributed by atoms with van der Waals surface area (Å²) in [5.74, 6) is 8.63. The second kappa shape index (κ2) is 35.1. The molecule has 392 valence electrons. The van der Waals surface area contributed by atoms with Crippen LogP contribution in [0.3, 0.4) is 0 Å². The van der Waals surface area contributed by atoms with Gasteiger partial charge in [0.25, 0.3) is 11.8 Å². The van der Waals surface area contributed by atoms with Gasteiger partial charge >= 0.3 is 5.97 Å². The van der Waals surface area contributed by atoms with Crippen LogP contribution in [0.4, 0.5) is 0 Å². The Morgan fingerprint density at radius 1 is 0.365 bits per heavy atom. The SMILES string of the molecule is C#CCCC(=O)NCCOc1cc(OCCNC(=O)CCC#C)cc(C(=O)NCCOc2cc(OCCNC(=O)c3cc(OCCNC(=O)CCC#C)cc(OCCNC(=O)CCC#C)c3)cc(C(=O)OC)c2)c1. The third-order valence-electron chi connectivity index (χ3n) is 9.66. The van der Waals surface area contributed by atoms with Crippen LogP contribution < -0.4 is 60.3 Å². The first-order valence-corrected chi connectivity index (χ1v) is 23.5. The van der Waals surface area contributed by atoms with Gasteiger partial charge in [-0.1, -0.05) is 0 Å². The first-order chi connectivity index (χ1) is 35.9. The molecule has 0 spiro atoms. The Morgan fingerprint density at radius 3 is 0.824 bits per heavy atom. The molecule has 0 bridgehead atoms. The lowest BCUT2D eigenvalue weighted by atomic mass is 10.2. The van der Waals surface area contributed by atoms with Gasteiger partial charge < -0.3 is 65.1 Å². The second-order valence-electron chi connectivity index (χ2n) is 15.4. The van der Waals surface area contributed by atoms with E-state index in [1.54, 1.807) is 12.1 Å². The van der Waals surface area contributed by atoms with E-state index in [4.69, 9.17) is 58.9 Å². The van der Waals surface area contributed by atoms with Crippen LogP contribution in [-0.4, -0.2) is 127 Å². The monoisotopic (exact) mass is 1020 g/mol. The number of amides is 6. The van der Waals surface area contributed by atoms with E-state index in [-0.39, 0.29) is 179 Å². The molecule has 0 heterocycles. The molecule has 0 unspecified atom stereocenters. The molecular weight excluding hydrogens is 957 g/mol. The van der Waals surface area contributed by atoms with Crippen LogP contribution in [0.15, 0.2) is 54.6 Å². The fourth-order valence-corrected chi connectivity index (χ4v) is 6.12. The number of carbonyl (C=O) groups excluding carboxylic acids is 7. The van der Waals surface area contributed by atoms with E-state index in [0.717, 1.165) is 0 Å². The van der Waals surface area contributed by atoms with Crippen molar-refractivity contribution in [2.75, 3.05) is 86.0 Å². The quantitative estimate of drug-likeness (QED) is 0.0282. The summed E-state index contributed by atoms with van der Waals surface area (Å²) in [6, 6.07) is 13.5. The zero-order valence-corrected chi connectivity index (χ0v) is 41.4. The zero-order chi connectivity index (χ0) is 53.8. The van der Waals surface area contributed by atoms with Gasteiger partial charge in [-0.05, 0) is 36.4 Å². The summed E-state index contributed by atoms with van der Waals surface area (Å²) >= 11 is 0. The predicted molar refractivity (Wildman–Crippen MR) is 273 cm³/mol. The van der Waals surface area contributed by atoms with Crippen molar-refractivity contribution < 1.29 is 66.7 Å². The highest BCUT2D eigenvalue weighted by Gasteiger charge is 2.15. The minimum Gasteiger partial charge on any atom is -0.492 e. The molecule has 0 aliphatic heterocycles. The molecule has 0 aliphatic rings. The van der Waals surface area contributed by atoms with Gasteiger partial charge in [-0.3, -0.25) is 28.8 Å². The average molecular weight is 1020 g/mol. The van der Waals surface area contributed by atoms with Crippen LogP contribution in [0.2, 0.25) is 0 Å². The first-order valence-electron chi connectivity index (χ1n) is 23.5. The van der Waals surface area contributed by atoms with E-state index >= 15 is 0 Å². The topological polar surface area (TPSA) is 256 Å². The highest BCUT2D eigenvalue weighted by Crippen LogP contribution is 2.26. The summed E-state index contributed by atoms with van der Waals surface area (Å²) in [7, 11) is 1.22. The van der Waals surface area contributed by atoms with Gasteiger partial charge in [0.05, 0.1) is 51.9 Å². The van der Waals surface area contributed by atoms with Gasteiger partial charge in [-0.15, -0.1) is 49.4 Å². The summed E-state index contributed by atoms with van der Waals surface area (Å²) in [6.07, 6.45) is 22.8. The van der Waals surface area contributed by atoms with Crippen LogP contribution in [0, 0.1) is 49.4 Å². The Labute approximate surface area is 431 Å². The number of hydrogen-bond acceptors (Lipinski definition) is 14. The van der Waals surface area contributed by atoms with Gasteiger partial charge in [0.1, 0.15) is 74.1 Å². The van der Waals surface area contributed by atoms with Crippen LogP contribution in [0.5, 0.6) is 34.5 Å². The van der Waals surface area contributed by atoms with Gasteiger partial charge in [-0.25, -0.2) is 4.79 Å². The Kier molecular flexibility index (Phi) is 28.2. The third-order valence-corrected chi connectivity index (χ3v) is 9.66. The minimum atomic E-state index is -0.669. The lowest BCUT2D eigenvalue weighted by Gasteiger charge is -2.14. The van der Waals surface area contributed by atoms with Gasteiger partial charge in [0, 0.05) is 80.7 Å². The smallest absolute Gasteiger partial charge is 0.338 e. The molecule has 74 heavy (non-hydrogen) atoms. The molecule has 0 aromatic heterocycles. The summed E-state index contributed by atoms with van der Waals surface area (Å²) in [5.41, 5.74) is 0.479. The Balaban J connectivity index is 1.62. The number of nitrogens with one attached hydrogen (secondary N) is 6. The molecule has 6 N–H and O–H groups in total. The molecule has 6 amide bonds. The zero-order valence-electron chi connectivity index (χ0n) is 41.4. The molecule has 0 atom stereocenters. The van der Waals surface area contributed by atoms with Crippen molar-refractivity contribution in [1.29, 1.82) is 0 Å². The molecule has 3 aromatic rings. The highest BCUT2D eigenvalue weighted by atomic mass is 16.5. The number of esters is 1. The fourth-order valence-electron chi connectivity index (χ4n) is 6.12. The van der Waals surface area contributed by atoms with Crippen LogP contribution in [0.25, 0.3) is 0 Å². The molecule has 20 nitrogen and oxygen atoms in total. The van der Waals surface area contributed by atoms with Gasteiger partial charge in [0.2, 0.25) is 23.6 Å². The van der Waals surface area contributed by atoms with E-state index in [9.17, 15) is 33.6 Å². The Bertz CT molecular complexity index is 2260. The lowest BCUT2D eigenvalue weighted by Crippen LogP contribution is -2.29. The number of ether oxygens (including phenoxy) is 7. The molecule has 3 rings (SSSR count). The molecule has 0 fully saturated rings. The van der Waals surface area contributed by atoms with Crippen molar-refractivity contribution in [2.24, 2.45) is 0 Å². The van der Waals surface area contributed by atoms with E-state index in [2.05, 4.69) is 55.6 Å². The van der Waals surface area contributed by atoms with Crippen molar-refractivity contribution in [3.05, 3.63) is 71.3 Å². The minimum absolute atomic E-state index is 0.0184. The summed E-state index contributed by atoms with van der Waals surface area (Å²) in [5, 5.41) is 16.4. The maximum Gasteiger partial charge on any atom is 0.338 e. The van der Waals surface area contributed by atoms with Gasteiger partial charge in [0.15, 0.2) is 0 Å². The number of terminal acetylenes is 4. The lowest BCUT2D eigenvalue weighted by molar-refractivity contribution is -0.121. The third kappa shape index (κ3) is 24.7. The van der Waals surface area contributed by atoms with Crippen molar-refractivity contribution in [3.63, 3.8) is 0 Å². The Morgan fingerprint density at radius 2 is 0.595 bits per heavy atom. The van der Waals surface area contributed by atoms with E-state index in [1.807, 2.05) is 0 Å². The van der Waals surface area contributed by atoms with Crippen molar-refractivity contribution >= 4 is 41.4 Å². The largest absolute Gasteiger partial charge is 0.492 e. The predicted octanol–water partition coefficient (Wildman–Crippen LogP) is 2.72. The fraction of sp³-hybridized carbons (Fsp3) is 0.389. The normalized spacial score (nSPS) is 10.0. The molecule has 0 aliphatic carbocycles. The first kappa shape index (κ1) is 59.3. The molecular formula is C54H62N6O14. The second-order valence-corrected chi connectivity index (χ2v) is 15.4. The summed E-state index contributed by atoms with van der Waals surface area (Å²) in [4.78, 5) is 87.1. The molecule has 0 saturated heterocycles. The van der Waals surface area contributed by atoms with Crippen molar-refractivity contribution in [1.82, 2.24) is 31.9 Å². The average Bonchev–Trinajstić information content (AvgIpc) is 3.40. The van der Waals surface area contributed by atoms with Crippen molar-refractivity contribution in [3.8, 4) is 83.9 Å². The van der Waals surface area contributed by atoms with E-state index < -0.39 is 17.8 Å². The highest BCUT2D eigenvalue weighted by molar-refractivity contribution is 5.95. The maximum atomic E-state index is 13.4. The van der Waals surface area contributed by atoms with Crippen LogP contribution in [-0.2, 0) is 23.9 Å². The maximum absolute atomic E-state index is 13.4. The number of rotatable bonds is 35. The Hall–Kier alpha value is -9.01. The number of methoxy groups -OCH3 is 1. The number of hydrogen-bond donors (Lipinski definition) is 6. The van der Waals surface area contributed by atoms with Gasteiger partial charge in [-0.2, -0.15) is 0 Å². The standard InChI is InChI=1S/C54H62N6O14/c1-6-10-14-48(61)55-18-24-69-42-30-39(31-43(36-42)70-25-19-56-49(62)15-11-7-2)52(65)59-22-28-73-46-34-41(54(67)68-5)35-47(38-46)74-29-23-60-53(66)40-32-44(71-26-20-57-50(63)16-12-8-3)37-45(33-40)72-27-21-58-51(64)17-13-9-4/h1-4,30-38H,10-29H2,5H3,(H,55,61)(H,56,62)(H,57,63)(H,58,64)(H,59,65)(H,60,66). The van der Waals surface area contributed by atoms with Crippen molar-refractivity contribution in [2.45, 2.75) is 51.4 Å². The van der Waals surface area contributed by atoms with Crippen LogP contribution in [0.1, 0.15) is 82.4 Å².